The fraction of sp³-hybridized carbons (Fsp3) is 0.250. The van der Waals surface area contributed by atoms with Crippen LogP contribution in [0.15, 0.2) is 65.1 Å². The standard InChI is InChI=1S/C24H22FN3O3/c1-27-20-10-3-2-9-19(20)26-23(27)16-6-5-13-28(15-16)24(29)21-11-12-22(31-21)30-18-8-4-7-17(25)14-18/h2-4,7-12,14,16H,5-6,13,15H2,1H3. The maximum Gasteiger partial charge on any atom is 0.290 e. The summed E-state index contributed by atoms with van der Waals surface area (Å²) in [5.41, 5.74) is 2.06. The molecule has 1 atom stereocenters. The Bertz CT molecular complexity index is 1250. The van der Waals surface area contributed by atoms with Gasteiger partial charge >= 0.3 is 0 Å². The molecule has 0 radical (unpaired) electrons. The fourth-order valence-corrected chi connectivity index (χ4v) is 4.19. The van der Waals surface area contributed by atoms with Crippen LogP contribution in [0.5, 0.6) is 11.7 Å². The number of halogens is 1. The molecule has 5 rings (SSSR count). The predicted octanol–water partition coefficient (Wildman–Crippen LogP) is 5.12. The van der Waals surface area contributed by atoms with Crippen LogP contribution >= 0.6 is 0 Å². The van der Waals surface area contributed by atoms with Gasteiger partial charge in [-0.2, -0.15) is 0 Å². The SMILES string of the molecule is Cn1c(C2CCCN(C(=O)c3ccc(Oc4cccc(F)c4)o3)C2)nc2ccccc21. The topological polar surface area (TPSA) is 60.5 Å². The zero-order chi connectivity index (χ0) is 21.4. The minimum absolute atomic E-state index is 0.151. The molecule has 2 aromatic heterocycles. The molecule has 3 heterocycles. The minimum Gasteiger partial charge on any atom is -0.426 e. The van der Waals surface area contributed by atoms with Crippen molar-refractivity contribution >= 4 is 16.9 Å². The number of hydrogen-bond donors (Lipinski definition) is 0. The molecular formula is C24H22FN3O3. The first-order valence-corrected chi connectivity index (χ1v) is 10.3. The third-order valence-electron chi connectivity index (χ3n) is 5.70. The summed E-state index contributed by atoms with van der Waals surface area (Å²) >= 11 is 0. The van der Waals surface area contributed by atoms with E-state index in [-0.39, 0.29) is 23.5 Å². The lowest BCUT2D eigenvalue weighted by atomic mass is 9.97. The largest absolute Gasteiger partial charge is 0.426 e. The van der Waals surface area contributed by atoms with Crippen LogP contribution in [0.25, 0.3) is 11.0 Å². The van der Waals surface area contributed by atoms with Gasteiger partial charge in [-0.3, -0.25) is 4.79 Å². The third-order valence-corrected chi connectivity index (χ3v) is 5.70. The maximum absolute atomic E-state index is 13.3. The number of ether oxygens (including phenoxy) is 1. The highest BCUT2D eigenvalue weighted by Crippen LogP contribution is 2.30. The normalized spacial score (nSPS) is 16.6. The summed E-state index contributed by atoms with van der Waals surface area (Å²) < 4.78 is 26.6. The van der Waals surface area contributed by atoms with Crippen LogP contribution in [-0.2, 0) is 7.05 Å². The summed E-state index contributed by atoms with van der Waals surface area (Å²) in [6.07, 6.45) is 1.87. The molecule has 0 spiro atoms. The average Bonchev–Trinajstić information content (AvgIpc) is 3.38. The van der Waals surface area contributed by atoms with E-state index < -0.39 is 5.82 Å². The van der Waals surface area contributed by atoms with Crippen LogP contribution in [0.4, 0.5) is 4.39 Å². The van der Waals surface area contributed by atoms with E-state index in [1.54, 1.807) is 29.2 Å². The highest BCUT2D eigenvalue weighted by Gasteiger charge is 2.30. The number of amides is 1. The molecule has 0 saturated carbocycles. The van der Waals surface area contributed by atoms with E-state index in [1.165, 1.54) is 12.1 Å². The number of rotatable bonds is 4. The Kier molecular flexibility index (Phi) is 4.94. The summed E-state index contributed by atoms with van der Waals surface area (Å²) in [5, 5.41) is 0. The maximum atomic E-state index is 13.3. The molecule has 1 fully saturated rings. The number of furan rings is 1. The Morgan fingerprint density at radius 2 is 2.03 bits per heavy atom. The molecule has 7 heteroatoms. The Morgan fingerprint density at radius 3 is 2.87 bits per heavy atom. The molecule has 31 heavy (non-hydrogen) atoms. The molecule has 1 unspecified atom stereocenters. The van der Waals surface area contributed by atoms with E-state index in [4.69, 9.17) is 14.1 Å². The summed E-state index contributed by atoms with van der Waals surface area (Å²) in [7, 11) is 2.02. The average molecular weight is 419 g/mol. The predicted molar refractivity (Wildman–Crippen MR) is 114 cm³/mol. The van der Waals surface area contributed by atoms with Crippen molar-refractivity contribution in [3.63, 3.8) is 0 Å². The van der Waals surface area contributed by atoms with Gasteiger partial charge in [0.25, 0.3) is 11.9 Å². The van der Waals surface area contributed by atoms with Crippen LogP contribution in [-0.4, -0.2) is 33.4 Å². The van der Waals surface area contributed by atoms with Gasteiger partial charge in [0.2, 0.25) is 0 Å². The number of nitrogens with zero attached hydrogens (tertiary/aromatic N) is 3. The van der Waals surface area contributed by atoms with E-state index in [2.05, 4.69) is 10.6 Å². The number of para-hydroxylation sites is 2. The summed E-state index contributed by atoms with van der Waals surface area (Å²) in [5.74, 6) is 1.24. The monoisotopic (exact) mass is 419 g/mol. The Labute approximate surface area is 178 Å². The van der Waals surface area contributed by atoms with Crippen molar-refractivity contribution in [3.8, 4) is 11.7 Å². The molecule has 0 aliphatic carbocycles. The lowest BCUT2D eigenvalue weighted by molar-refractivity contribution is 0.0666. The first-order chi connectivity index (χ1) is 15.1. The van der Waals surface area contributed by atoms with Gasteiger partial charge in [-0.05, 0) is 43.2 Å². The first kappa shape index (κ1) is 19.4. The second kappa shape index (κ2) is 7.91. The van der Waals surface area contributed by atoms with Crippen molar-refractivity contribution in [2.45, 2.75) is 18.8 Å². The number of fused-ring (bicyclic) bond motifs is 1. The van der Waals surface area contributed by atoms with Gasteiger partial charge in [-0.1, -0.05) is 18.2 Å². The molecule has 1 saturated heterocycles. The number of carbonyl (C=O) groups excluding carboxylic acids is 1. The van der Waals surface area contributed by atoms with Crippen molar-refractivity contribution < 1.29 is 18.3 Å². The van der Waals surface area contributed by atoms with Gasteiger partial charge in [0, 0.05) is 38.2 Å². The van der Waals surface area contributed by atoms with Crippen LogP contribution in [0.1, 0.15) is 35.1 Å². The summed E-state index contributed by atoms with van der Waals surface area (Å²) in [6, 6.07) is 17.0. The molecule has 1 aliphatic rings. The van der Waals surface area contributed by atoms with Crippen molar-refractivity contribution in [2.24, 2.45) is 7.05 Å². The van der Waals surface area contributed by atoms with Crippen LogP contribution in [0.3, 0.4) is 0 Å². The van der Waals surface area contributed by atoms with Gasteiger partial charge < -0.3 is 18.6 Å². The number of imidazole rings is 1. The molecule has 4 aromatic rings. The molecule has 6 nitrogen and oxygen atoms in total. The third kappa shape index (κ3) is 3.79. The van der Waals surface area contributed by atoms with Crippen molar-refractivity contribution in [2.75, 3.05) is 13.1 Å². The van der Waals surface area contributed by atoms with Crippen molar-refractivity contribution in [3.05, 3.63) is 78.1 Å². The lowest BCUT2D eigenvalue weighted by Crippen LogP contribution is -2.39. The molecule has 0 bridgehead atoms. The Balaban J connectivity index is 1.31. The fourth-order valence-electron chi connectivity index (χ4n) is 4.19. The minimum atomic E-state index is -0.401. The van der Waals surface area contributed by atoms with Gasteiger partial charge in [-0.15, -0.1) is 0 Å². The zero-order valence-electron chi connectivity index (χ0n) is 17.1. The van der Waals surface area contributed by atoms with E-state index >= 15 is 0 Å². The number of likely N-dealkylation sites (tertiary alicyclic amines) is 1. The highest BCUT2D eigenvalue weighted by molar-refractivity contribution is 5.91. The van der Waals surface area contributed by atoms with Crippen molar-refractivity contribution in [1.29, 1.82) is 0 Å². The quantitative estimate of drug-likeness (QED) is 0.461. The van der Waals surface area contributed by atoms with Gasteiger partial charge in [0.1, 0.15) is 17.4 Å². The molecule has 0 N–H and O–H groups in total. The van der Waals surface area contributed by atoms with E-state index in [0.29, 0.717) is 18.8 Å². The first-order valence-electron chi connectivity index (χ1n) is 10.3. The summed E-state index contributed by atoms with van der Waals surface area (Å²) in [6.45, 7) is 1.25. The number of aromatic nitrogens is 2. The van der Waals surface area contributed by atoms with Crippen LogP contribution in [0, 0.1) is 5.82 Å². The molecule has 2 aromatic carbocycles. The molecule has 1 amide bonds. The number of piperidine rings is 1. The van der Waals surface area contributed by atoms with E-state index in [1.807, 2.05) is 25.2 Å². The van der Waals surface area contributed by atoms with Gasteiger partial charge in [0.05, 0.1) is 11.0 Å². The van der Waals surface area contributed by atoms with Gasteiger partial charge in [0.15, 0.2) is 5.76 Å². The summed E-state index contributed by atoms with van der Waals surface area (Å²) in [4.78, 5) is 19.7. The molecule has 1 aliphatic heterocycles. The number of hydrogen-bond acceptors (Lipinski definition) is 4. The molecule has 158 valence electrons. The number of aryl methyl sites for hydroxylation is 1. The van der Waals surface area contributed by atoms with Gasteiger partial charge in [-0.25, -0.2) is 9.37 Å². The van der Waals surface area contributed by atoms with Crippen LogP contribution in [0.2, 0.25) is 0 Å². The van der Waals surface area contributed by atoms with Crippen molar-refractivity contribution in [1.82, 2.24) is 14.5 Å². The smallest absolute Gasteiger partial charge is 0.290 e. The van der Waals surface area contributed by atoms with Crippen LogP contribution < -0.4 is 4.74 Å². The molecular weight excluding hydrogens is 397 g/mol. The second-order valence-corrected chi connectivity index (χ2v) is 7.79. The highest BCUT2D eigenvalue weighted by atomic mass is 19.1. The van der Waals surface area contributed by atoms with E-state index in [0.717, 1.165) is 29.7 Å². The Morgan fingerprint density at radius 1 is 1.16 bits per heavy atom. The number of benzene rings is 2. The lowest BCUT2D eigenvalue weighted by Gasteiger charge is -2.31. The number of carbonyl (C=O) groups is 1. The second-order valence-electron chi connectivity index (χ2n) is 7.79. The van der Waals surface area contributed by atoms with E-state index in [9.17, 15) is 9.18 Å². The zero-order valence-corrected chi connectivity index (χ0v) is 17.1. The Hall–Kier alpha value is -3.61.